The molecule has 2 aromatic rings. The number of para-hydroxylation sites is 1. The van der Waals surface area contributed by atoms with Crippen LogP contribution in [0.2, 0.25) is 5.02 Å². The average molecular weight is 300 g/mol. The fourth-order valence-electron chi connectivity index (χ4n) is 2.65. The first-order valence-electron chi connectivity index (χ1n) is 6.81. The second-order valence-corrected chi connectivity index (χ2v) is 5.55. The van der Waals surface area contributed by atoms with Crippen molar-refractivity contribution in [3.05, 3.63) is 65.2 Å². The predicted molar refractivity (Wildman–Crippen MR) is 82.4 cm³/mol. The Labute approximate surface area is 128 Å². The number of carbonyl (C=O) groups is 2. The standard InChI is InChI=1S/C17H14ClNO2/c18-14-8-6-12(7-9-14)13-10-16(20)19(17(21)11-13)15-4-2-1-3-5-15/h1-9,13H,10-11H2. The number of halogens is 1. The fraction of sp³-hybridized carbons (Fsp3) is 0.176. The van der Waals surface area contributed by atoms with E-state index in [-0.39, 0.29) is 17.7 Å². The van der Waals surface area contributed by atoms with Gasteiger partial charge in [0.25, 0.3) is 0 Å². The molecule has 3 rings (SSSR count). The van der Waals surface area contributed by atoms with Crippen molar-refractivity contribution in [2.24, 2.45) is 0 Å². The number of hydrogen-bond donors (Lipinski definition) is 0. The Morgan fingerprint density at radius 1 is 0.857 bits per heavy atom. The summed E-state index contributed by atoms with van der Waals surface area (Å²) < 4.78 is 0. The maximum Gasteiger partial charge on any atom is 0.234 e. The number of imide groups is 1. The van der Waals surface area contributed by atoms with Crippen molar-refractivity contribution in [2.45, 2.75) is 18.8 Å². The molecule has 0 spiro atoms. The highest BCUT2D eigenvalue weighted by atomic mass is 35.5. The van der Waals surface area contributed by atoms with Gasteiger partial charge in [-0.15, -0.1) is 0 Å². The highest BCUT2D eigenvalue weighted by molar-refractivity contribution is 6.30. The zero-order valence-corrected chi connectivity index (χ0v) is 12.1. The summed E-state index contributed by atoms with van der Waals surface area (Å²) in [5, 5.41) is 0.651. The van der Waals surface area contributed by atoms with Crippen LogP contribution in [0.25, 0.3) is 0 Å². The first-order chi connectivity index (χ1) is 10.1. The van der Waals surface area contributed by atoms with E-state index in [0.717, 1.165) is 5.56 Å². The van der Waals surface area contributed by atoms with Gasteiger partial charge in [-0.1, -0.05) is 41.9 Å². The SMILES string of the molecule is O=C1CC(c2ccc(Cl)cc2)CC(=O)N1c1ccccc1. The molecule has 0 aliphatic carbocycles. The van der Waals surface area contributed by atoms with Crippen molar-refractivity contribution in [1.29, 1.82) is 0 Å². The minimum atomic E-state index is -0.155. The lowest BCUT2D eigenvalue weighted by molar-refractivity contribution is -0.129. The summed E-state index contributed by atoms with van der Waals surface area (Å²) in [6.07, 6.45) is 0.671. The summed E-state index contributed by atoms with van der Waals surface area (Å²) in [5.41, 5.74) is 1.62. The van der Waals surface area contributed by atoms with Crippen LogP contribution in [0, 0.1) is 0 Å². The van der Waals surface area contributed by atoms with Crippen LogP contribution in [-0.2, 0) is 9.59 Å². The first-order valence-corrected chi connectivity index (χ1v) is 7.19. The molecule has 0 saturated carbocycles. The largest absolute Gasteiger partial charge is 0.274 e. The molecule has 106 valence electrons. The smallest absolute Gasteiger partial charge is 0.234 e. The highest BCUT2D eigenvalue weighted by Crippen LogP contribution is 2.32. The predicted octanol–water partition coefficient (Wildman–Crippen LogP) is 3.78. The summed E-state index contributed by atoms with van der Waals surface area (Å²) in [7, 11) is 0. The van der Waals surface area contributed by atoms with Crippen LogP contribution in [0.3, 0.4) is 0 Å². The number of anilines is 1. The van der Waals surface area contributed by atoms with Gasteiger partial charge in [0, 0.05) is 23.8 Å². The second-order valence-electron chi connectivity index (χ2n) is 5.12. The Balaban J connectivity index is 1.83. The summed E-state index contributed by atoms with van der Waals surface area (Å²) in [4.78, 5) is 26.0. The molecule has 0 atom stereocenters. The maximum absolute atomic E-state index is 12.3. The monoisotopic (exact) mass is 299 g/mol. The van der Waals surface area contributed by atoms with Gasteiger partial charge in [-0.25, -0.2) is 0 Å². The number of hydrogen-bond acceptors (Lipinski definition) is 2. The van der Waals surface area contributed by atoms with E-state index in [4.69, 9.17) is 11.6 Å². The van der Waals surface area contributed by atoms with Gasteiger partial charge in [0.15, 0.2) is 0 Å². The molecule has 0 bridgehead atoms. The summed E-state index contributed by atoms with van der Waals surface area (Å²) in [6, 6.07) is 16.4. The molecule has 21 heavy (non-hydrogen) atoms. The second kappa shape index (κ2) is 5.70. The van der Waals surface area contributed by atoms with E-state index in [1.165, 1.54) is 4.90 Å². The normalized spacial score (nSPS) is 16.3. The number of nitrogens with zero attached hydrogens (tertiary/aromatic N) is 1. The average Bonchev–Trinajstić information content (AvgIpc) is 2.48. The molecule has 1 aliphatic heterocycles. The molecule has 1 aliphatic rings. The molecule has 0 radical (unpaired) electrons. The zero-order chi connectivity index (χ0) is 14.8. The molecule has 1 heterocycles. The van der Waals surface area contributed by atoms with Gasteiger partial charge in [-0.05, 0) is 29.8 Å². The van der Waals surface area contributed by atoms with Gasteiger partial charge in [-0.3, -0.25) is 14.5 Å². The van der Waals surface area contributed by atoms with E-state index >= 15 is 0 Å². The number of amides is 2. The van der Waals surface area contributed by atoms with E-state index in [9.17, 15) is 9.59 Å². The molecule has 1 saturated heterocycles. The van der Waals surface area contributed by atoms with E-state index in [0.29, 0.717) is 23.6 Å². The van der Waals surface area contributed by atoms with Gasteiger partial charge in [0.2, 0.25) is 11.8 Å². The Morgan fingerprint density at radius 3 is 2.00 bits per heavy atom. The third-order valence-electron chi connectivity index (χ3n) is 3.70. The van der Waals surface area contributed by atoms with E-state index in [1.54, 1.807) is 24.3 Å². The third kappa shape index (κ3) is 2.83. The molecule has 0 N–H and O–H groups in total. The van der Waals surface area contributed by atoms with Crippen molar-refractivity contribution in [2.75, 3.05) is 4.90 Å². The highest BCUT2D eigenvalue weighted by Gasteiger charge is 2.34. The first kappa shape index (κ1) is 13.8. The molecule has 4 heteroatoms. The van der Waals surface area contributed by atoms with Gasteiger partial charge >= 0.3 is 0 Å². The third-order valence-corrected chi connectivity index (χ3v) is 3.95. The quantitative estimate of drug-likeness (QED) is 0.792. The van der Waals surface area contributed by atoms with Crippen LogP contribution in [0.5, 0.6) is 0 Å². The molecule has 2 aromatic carbocycles. The van der Waals surface area contributed by atoms with Gasteiger partial charge in [0.05, 0.1) is 5.69 Å². The molecule has 0 unspecified atom stereocenters. The lowest BCUT2D eigenvalue weighted by Gasteiger charge is -2.30. The molecule has 3 nitrogen and oxygen atoms in total. The summed E-state index contributed by atoms with van der Waals surface area (Å²) >= 11 is 5.87. The van der Waals surface area contributed by atoms with Crippen LogP contribution in [0.15, 0.2) is 54.6 Å². The minimum Gasteiger partial charge on any atom is -0.274 e. The Bertz CT molecular complexity index is 649. The molecular formula is C17H14ClNO2. The molecule has 0 aromatic heterocycles. The fourth-order valence-corrected chi connectivity index (χ4v) is 2.78. The summed E-state index contributed by atoms with van der Waals surface area (Å²) in [6.45, 7) is 0. The van der Waals surface area contributed by atoms with Gasteiger partial charge in [0.1, 0.15) is 0 Å². The number of rotatable bonds is 2. The topological polar surface area (TPSA) is 37.4 Å². The van der Waals surface area contributed by atoms with Gasteiger partial charge in [-0.2, -0.15) is 0 Å². The van der Waals surface area contributed by atoms with Crippen molar-refractivity contribution in [3.8, 4) is 0 Å². The van der Waals surface area contributed by atoms with Crippen LogP contribution < -0.4 is 4.90 Å². The molecule has 1 fully saturated rings. The van der Waals surface area contributed by atoms with Gasteiger partial charge < -0.3 is 0 Å². The minimum absolute atomic E-state index is 0.0674. The van der Waals surface area contributed by atoms with Crippen LogP contribution >= 0.6 is 11.6 Å². The Hall–Kier alpha value is -2.13. The van der Waals surface area contributed by atoms with Crippen molar-refractivity contribution in [1.82, 2.24) is 0 Å². The van der Waals surface area contributed by atoms with E-state index in [1.807, 2.05) is 30.3 Å². The number of benzene rings is 2. The van der Waals surface area contributed by atoms with E-state index in [2.05, 4.69) is 0 Å². The van der Waals surface area contributed by atoms with Crippen molar-refractivity contribution < 1.29 is 9.59 Å². The number of carbonyl (C=O) groups excluding carboxylic acids is 2. The zero-order valence-electron chi connectivity index (χ0n) is 11.3. The Morgan fingerprint density at radius 2 is 1.43 bits per heavy atom. The molecule has 2 amide bonds. The molecular weight excluding hydrogens is 286 g/mol. The van der Waals surface area contributed by atoms with E-state index < -0.39 is 0 Å². The Kier molecular flexibility index (Phi) is 3.76. The lowest BCUT2D eigenvalue weighted by Crippen LogP contribution is -2.42. The van der Waals surface area contributed by atoms with Crippen LogP contribution in [0.4, 0.5) is 5.69 Å². The van der Waals surface area contributed by atoms with Crippen molar-refractivity contribution >= 4 is 29.1 Å². The number of piperidine rings is 1. The maximum atomic E-state index is 12.3. The summed E-state index contributed by atoms with van der Waals surface area (Å²) in [5.74, 6) is -0.378. The van der Waals surface area contributed by atoms with Crippen LogP contribution in [0.1, 0.15) is 24.3 Å². The van der Waals surface area contributed by atoms with Crippen molar-refractivity contribution in [3.63, 3.8) is 0 Å². The lowest BCUT2D eigenvalue weighted by atomic mass is 9.88. The van der Waals surface area contributed by atoms with Crippen LogP contribution in [-0.4, -0.2) is 11.8 Å².